The molecule has 0 saturated carbocycles. The Morgan fingerprint density at radius 3 is 0.789 bits per heavy atom. The molecule has 3 atom stereocenters. The first kappa shape index (κ1) is 28.3. The van der Waals surface area contributed by atoms with Crippen molar-refractivity contribution < 1.29 is 64.0 Å². The van der Waals surface area contributed by atoms with E-state index < -0.39 is 24.5 Å². The van der Waals surface area contributed by atoms with Gasteiger partial charge in [-0.2, -0.15) is 0 Å². The average Bonchev–Trinajstić information content (AvgIpc) is 2.18. The fraction of sp³-hybridized carbons (Fsp3) is 1.00. The molecule has 3 unspecified atom stereocenters. The fourth-order valence-corrected chi connectivity index (χ4v) is 0.822. The molecule has 12 nitrogen and oxygen atoms in total. The van der Waals surface area contributed by atoms with Crippen LogP contribution in [0.5, 0.6) is 0 Å². The van der Waals surface area contributed by atoms with Crippen LogP contribution in [0.1, 0.15) is 0 Å². The van der Waals surface area contributed by atoms with Crippen molar-refractivity contribution in [2.45, 2.75) is 0 Å². The molecule has 0 spiro atoms. The van der Waals surface area contributed by atoms with Crippen molar-refractivity contribution in [1.82, 2.24) is 31.9 Å². The van der Waals surface area contributed by atoms with Crippen LogP contribution in [0.15, 0.2) is 0 Å². The zero-order valence-electron chi connectivity index (χ0n) is 10.4. The van der Waals surface area contributed by atoms with Crippen LogP contribution in [0.2, 0.25) is 0 Å². The largest absolute Gasteiger partial charge is 3.00 e. The molecular formula is C3H15LaN6O6P3+3. The molecule has 0 bridgehead atoms. The second-order valence-corrected chi connectivity index (χ2v) is 4.07. The van der Waals surface area contributed by atoms with Crippen molar-refractivity contribution in [3.05, 3.63) is 0 Å². The van der Waals surface area contributed by atoms with Crippen molar-refractivity contribution >= 4 is 24.5 Å². The van der Waals surface area contributed by atoms with E-state index in [0.717, 1.165) is 0 Å². The van der Waals surface area contributed by atoms with Gasteiger partial charge in [-0.15, -0.1) is 0 Å². The van der Waals surface area contributed by atoms with Gasteiger partial charge in [-0.1, -0.05) is 13.7 Å². The monoisotopic (exact) mass is 463 g/mol. The minimum absolute atomic E-state index is 0. The molecule has 0 fully saturated rings. The van der Waals surface area contributed by atoms with Gasteiger partial charge in [0.2, 0.25) is 0 Å². The molecule has 0 aliphatic rings. The normalized spacial score (nSPS) is 10.7. The summed E-state index contributed by atoms with van der Waals surface area (Å²) in [4.78, 5) is 28.4. The van der Waals surface area contributed by atoms with Gasteiger partial charge >= 0.3 is 60.1 Å². The molecule has 6 N–H and O–H groups in total. The Hall–Kier alpha value is 1.13. The van der Waals surface area contributed by atoms with Crippen molar-refractivity contribution in [2.24, 2.45) is 0 Å². The van der Waals surface area contributed by atoms with Gasteiger partial charge in [-0.3, -0.25) is 0 Å². The zero-order chi connectivity index (χ0) is 15.0. The van der Waals surface area contributed by atoms with Crippen molar-refractivity contribution in [2.75, 3.05) is 21.1 Å². The second kappa shape index (κ2) is 24.2. The first-order valence-corrected chi connectivity index (χ1v) is 7.55. The topological polar surface area (TPSA) is 193 Å². The van der Waals surface area contributed by atoms with Crippen molar-refractivity contribution in [3.8, 4) is 0 Å². The molecule has 108 valence electrons. The molecular weight excluding hydrogens is 448 g/mol. The Morgan fingerprint density at radius 2 is 0.789 bits per heavy atom. The molecule has 0 heterocycles. The van der Waals surface area contributed by atoms with E-state index in [0.29, 0.717) is 0 Å². The van der Waals surface area contributed by atoms with Gasteiger partial charge in [0.25, 0.3) is 0 Å². The molecule has 19 heavy (non-hydrogen) atoms. The maximum Gasteiger partial charge on any atom is 3.00 e. The summed E-state index contributed by atoms with van der Waals surface area (Å²) in [6.45, 7) is 0. The van der Waals surface area contributed by atoms with E-state index in [4.69, 9.17) is 0 Å². The van der Waals surface area contributed by atoms with Gasteiger partial charge < -0.3 is 14.7 Å². The number of nitrogens with one attached hydrogen (secondary N) is 6. The summed E-state index contributed by atoms with van der Waals surface area (Å²) in [5.74, 6) is 0. The Bertz CT molecular complexity index is 210. The summed E-state index contributed by atoms with van der Waals surface area (Å²) < 4.78 is 28.4. The Labute approximate surface area is 141 Å². The molecule has 0 saturated heterocycles. The average molecular weight is 463 g/mol. The van der Waals surface area contributed by atoms with Crippen LogP contribution in [-0.4, -0.2) is 21.1 Å². The summed E-state index contributed by atoms with van der Waals surface area (Å²) in [5.41, 5.74) is 6.66. The third-order valence-corrected chi connectivity index (χ3v) is 1.83. The van der Waals surface area contributed by atoms with Crippen LogP contribution in [0.3, 0.4) is 0 Å². The van der Waals surface area contributed by atoms with E-state index in [9.17, 15) is 28.4 Å². The predicted molar refractivity (Wildman–Crippen MR) is 59.4 cm³/mol. The minimum Gasteiger partial charge on any atom is -0.577 e. The number of hydrazine groups is 3. The molecule has 0 aromatic carbocycles. The Morgan fingerprint density at radius 1 is 0.632 bits per heavy atom. The molecule has 0 aliphatic carbocycles. The third-order valence-electron chi connectivity index (χ3n) is 0.609. The van der Waals surface area contributed by atoms with E-state index >= 15 is 0 Å². The van der Waals surface area contributed by atoms with Crippen LogP contribution >= 0.6 is 24.5 Å². The van der Waals surface area contributed by atoms with Crippen LogP contribution < -0.4 is 46.5 Å². The van der Waals surface area contributed by atoms with Gasteiger partial charge in [0.1, 0.15) is 0 Å². The van der Waals surface area contributed by atoms with Crippen LogP contribution in [0, 0.1) is 35.6 Å². The number of rotatable bonds is 6. The zero-order valence-corrected chi connectivity index (χ0v) is 16.7. The van der Waals surface area contributed by atoms with Crippen molar-refractivity contribution in [3.63, 3.8) is 0 Å². The number of hydrogen-bond donors (Lipinski definition) is 6. The first-order valence-electron chi connectivity index (χ1n) is 4.02. The molecule has 0 aromatic rings. The maximum absolute atomic E-state index is 9.46. The van der Waals surface area contributed by atoms with E-state index in [-0.39, 0.29) is 35.6 Å². The fourth-order valence-electron chi connectivity index (χ4n) is 0.274. The summed E-state index contributed by atoms with van der Waals surface area (Å²) in [6.07, 6.45) is 0. The van der Waals surface area contributed by atoms with Gasteiger partial charge in [-0.05, 0) is 15.6 Å². The standard InChI is InChI=1S/3CH5N2O2P.La/c3*1-2-3-6(4)5;/h3*2H,1H3,(H,3,4,5);/q;;;+3. The maximum atomic E-state index is 9.46. The smallest absolute Gasteiger partial charge is 0.577 e. The van der Waals surface area contributed by atoms with Crippen LogP contribution in [0.4, 0.5) is 0 Å². The minimum atomic E-state index is -2.46. The SMILES string of the molecule is CNN[P+](=O)[O-].CNN[P+](=O)[O-].CNN[P+](=O)[O-].[La+3]. The Balaban J connectivity index is -0.0000000865. The summed E-state index contributed by atoms with van der Waals surface area (Å²) >= 11 is 0. The molecule has 0 rings (SSSR count). The van der Waals surface area contributed by atoms with Gasteiger partial charge in [-0.25, -0.2) is 16.3 Å². The van der Waals surface area contributed by atoms with Crippen molar-refractivity contribution in [1.29, 1.82) is 0 Å². The molecule has 0 radical (unpaired) electrons. The van der Waals surface area contributed by atoms with Gasteiger partial charge in [0, 0.05) is 21.1 Å². The third kappa shape index (κ3) is 54.7. The molecule has 0 aromatic heterocycles. The molecule has 0 aliphatic heterocycles. The quantitative estimate of drug-likeness (QED) is 0.167. The van der Waals surface area contributed by atoms with E-state index in [2.05, 4.69) is 16.3 Å². The summed E-state index contributed by atoms with van der Waals surface area (Å²) in [5, 5.41) is 5.74. The van der Waals surface area contributed by atoms with Gasteiger partial charge in [0.05, 0.1) is 0 Å². The van der Waals surface area contributed by atoms with Crippen LogP contribution in [0.25, 0.3) is 0 Å². The van der Waals surface area contributed by atoms with E-state index in [1.807, 2.05) is 15.6 Å². The second-order valence-electron chi connectivity index (χ2n) is 1.86. The number of hydrogen-bond acceptors (Lipinski definition) is 9. The predicted octanol–water partition coefficient (Wildman–Crippen LogP) is -3.82. The summed E-state index contributed by atoms with van der Waals surface area (Å²) in [6, 6.07) is 0. The Kier molecular flexibility index (Phi) is 36.0. The molecule has 16 heteroatoms. The van der Waals surface area contributed by atoms with E-state index in [1.165, 1.54) is 21.1 Å². The van der Waals surface area contributed by atoms with Crippen LogP contribution in [-0.2, 0) is 13.7 Å². The molecule has 0 amide bonds. The van der Waals surface area contributed by atoms with Gasteiger partial charge in [0.15, 0.2) is 0 Å². The summed E-state index contributed by atoms with van der Waals surface area (Å²) in [7, 11) is -2.95. The first-order chi connectivity index (χ1) is 8.31. The van der Waals surface area contributed by atoms with E-state index in [1.54, 1.807) is 0 Å².